The van der Waals surface area contributed by atoms with Gasteiger partial charge in [0, 0.05) is 5.56 Å². The highest BCUT2D eigenvalue weighted by Crippen LogP contribution is 2.30. The van der Waals surface area contributed by atoms with Gasteiger partial charge in [0.2, 0.25) is 0 Å². The summed E-state index contributed by atoms with van der Waals surface area (Å²) in [5, 5.41) is 12.3. The summed E-state index contributed by atoms with van der Waals surface area (Å²) >= 11 is 0. The van der Waals surface area contributed by atoms with Gasteiger partial charge >= 0.3 is 0 Å². The molecule has 122 valence electrons. The van der Waals surface area contributed by atoms with Crippen molar-refractivity contribution in [2.75, 3.05) is 27.3 Å². The molecule has 0 unspecified atom stereocenters. The second kappa shape index (κ2) is 8.19. The molecule has 0 aliphatic heterocycles. The summed E-state index contributed by atoms with van der Waals surface area (Å²) < 4.78 is 10.7. The average molecular weight is 315 g/mol. The number of rotatable bonds is 8. The number of phenols is 1. The fourth-order valence-corrected chi connectivity index (χ4v) is 2.32. The van der Waals surface area contributed by atoms with E-state index in [4.69, 9.17) is 9.47 Å². The van der Waals surface area contributed by atoms with Crippen LogP contribution in [-0.4, -0.2) is 38.2 Å². The highest BCUT2D eigenvalue weighted by molar-refractivity contribution is 5.97. The summed E-state index contributed by atoms with van der Waals surface area (Å²) in [4.78, 5) is 12.0. The van der Waals surface area contributed by atoms with Crippen LogP contribution in [0.3, 0.4) is 0 Å². The Bertz CT molecular complexity index is 653. The summed E-state index contributed by atoms with van der Waals surface area (Å²) in [7, 11) is 3.22. The lowest BCUT2D eigenvalue weighted by molar-refractivity contribution is 0.0991. The number of hydrogen-bond acceptors (Lipinski definition) is 5. The Balaban J connectivity index is 1.86. The van der Waals surface area contributed by atoms with Crippen molar-refractivity contribution in [1.82, 2.24) is 5.32 Å². The van der Waals surface area contributed by atoms with Crippen molar-refractivity contribution in [2.24, 2.45) is 0 Å². The molecular formula is C18H21NO4. The van der Waals surface area contributed by atoms with Gasteiger partial charge in [-0.15, -0.1) is 0 Å². The molecule has 0 aliphatic carbocycles. The van der Waals surface area contributed by atoms with Gasteiger partial charge in [0.25, 0.3) is 0 Å². The first-order valence-corrected chi connectivity index (χ1v) is 7.38. The molecule has 0 atom stereocenters. The molecule has 5 nitrogen and oxygen atoms in total. The van der Waals surface area contributed by atoms with Gasteiger partial charge in [0.15, 0.2) is 17.3 Å². The predicted molar refractivity (Wildman–Crippen MR) is 88.6 cm³/mol. The Hall–Kier alpha value is -2.53. The third kappa shape index (κ3) is 4.47. The van der Waals surface area contributed by atoms with Gasteiger partial charge in [0.05, 0.1) is 20.8 Å². The van der Waals surface area contributed by atoms with E-state index in [1.807, 2.05) is 18.2 Å². The van der Waals surface area contributed by atoms with Crippen LogP contribution in [0.1, 0.15) is 15.9 Å². The number of phenolic OH excluding ortho intramolecular Hbond substituents is 1. The average Bonchev–Trinajstić information content (AvgIpc) is 2.58. The van der Waals surface area contributed by atoms with Crippen molar-refractivity contribution >= 4 is 5.78 Å². The summed E-state index contributed by atoms with van der Waals surface area (Å²) in [5.74, 6) is 1.56. The van der Waals surface area contributed by atoms with Crippen molar-refractivity contribution in [2.45, 2.75) is 6.42 Å². The van der Waals surface area contributed by atoms with Crippen molar-refractivity contribution < 1.29 is 19.4 Å². The largest absolute Gasteiger partial charge is 0.508 e. The van der Waals surface area contributed by atoms with Gasteiger partial charge in [-0.25, -0.2) is 0 Å². The standard InChI is InChI=1S/C18H21NO4/c1-22-17-5-3-4-14(18(17)23-2)10-11-19-12-16(21)13-6-8-15(20)9-7-13/h3-9,19-20H,10-12H2,1-2H3. The molecule has 0 fully saturated rings. The second-order valence-corrected chi connectivity index (χ2v) is 5.05. The summed E-state index contributed by atoms with van der Waals surface area (Å²) in [5.41, 5.74) is 1.60. The Labute approximate surface area is 135 Å². The van der Waals surface area contributed by atoms with E-state index in [2.05, 4.69) is 5.32 Å². The molecule has 0 radical (unpaired) electrons. The monoisotopic (exact) mass is 315 g/mol. The van der Waals surface area contributed by atoms with E-state index in [1.165, 1.54) is 12.1 Å². The van der Waals surface area contributed by atoms with Crippen LogP contribution in [0, 0.1) is 0 Å². The maximum absolute atomic E-state index is 12.0. The molecule has 23 heavy (non-hydrogen) atoms. The first-order valence-electron chi connectivity index (χ1n) is 7.38. The van der Waals surface area contributed by atoms with E-state index >= 15 is 0 Å². The van der Waals surface area contributed by atoms with Crippen LogP contribution in [0.2, 0.25) is 0 Å². The first-order chi connectivity index (χ1) is 11.2. The molecule has 2 N–H and O–H groups in total. The van der Waals surface area contributed by atoms with E-state index in [1.54, 1.807) is 26.4 Å². The number of para-hydroxylation sites is 1. The number of methoxy groups -OCH3 is 2. The molecule has 2 aromatic carbocycles. The van der Waals surface area contributed by atoms with Gasteiger partial charge in [0.1, 0.15) is 5.75 Å². The number of benzene rings is 2. The zero-order valence-corrected chi connectivity index (χ0v) is 13.3. The van der Waals surface area contributed by atoms with Crippen LogP contribution in [0.4, 0.5) is 0 Å². The molecule has 0 heterocycles. The van der Waals surface area contributed by atoms with E-state index in [0.717, 1.165) is 17.7 Å². The van der Waals surface area contributed by atoms with Crippen LogP contribution in [0.5, 0.6) is 17.2 Å². The highest BCUT2D eigenvalue weighted by atomic mass is 16.5. The summed E-state index contributed by atoms with van der Waals surface area (Å²) in [6.07, 6.45) is 0.725. The van der Waals surface area contributed by atoms with Gasteiger partial charge < -0.3 is 19.9 Å². The Morgan fingerprint density at radius 1 is 1.09 bits per heavy atom. The minimum atomic E-state index is -0.0115. The third-order valence-electron chi connectivity index (χ3n) is 3.53. The van der Waals surface area contributed by atoms with Crippen molar-refractivity contribution in [3.63, 3.8) is 0 Å². The molecule has 0 saturated carbocycles. The number of carbonyl (C=O) groups is 1. The second-order valence-electron chi connectivity index (χ2n) is 5.05. The van der Waals surface area contributed by atoms with Crippen molar-refractivity contribution in [3.8, 4) is 17.2 Å². The first kappa shape index (κ1) is 16.8. The van der Waals surface area contributed by atoms with Gasteiger partial charge in [-0.1, -0.05) is 12.1 Å². The Morgan fingerprint density at radius 2 is 1.83 bits per heavy atom. The molecule has 0 spiro atoms. The summed E-state index contributed by atoms with van der Waals surface area (Å²) in [6, 6.07) is 12.0. The molecule has 2 rings (SSSR count). The van der Waals surface area contributed by atoms with Crippen LogP contribution in [-0.2, 0) is 6.42 Å². The fourth-order valence-electron chi connectivity index (χ4n) is 2.32. The van der Waals surface area contributed by atoms with Gasteiger partial charge in [-0.05, 0) is 48.9 Å². The lowest BCUT2D eigenvalue weighted by Crippen LogP contribution is -2.25. The SMILES string of the molecule is COc1cccc(CCNCC(=O)c2ccc(O)cc2)c1OC. The number of ketones is 1. The number of ether oxygens (including phenoxy) is 2. The zero-order chi connectivity index (χ0) is 16.7. The maximum Gasteiger partial charge on any atom is 0.176 e. The van der Waals surface area contributed by atoms with Crippen LogP contribution >= 0.6 is 0 Å². The lowest BCUT2D eigenvalue weighted by Gasteiger charge is -2.12. The van der Waals surface area contributed by atoms with Crippen LogP contribution < -0.4 is 14.8 Å². The lowest BCUT2D eigenvalue weighted by atomic mass is 10.1. The maximum atomic E-state index is 12.0. The molecule has 5 heteroatoms. The molecule has 0 aliphatic rings. The number of carbonyl (C=O) groups excluding carboxylic acids is 1. The Kier molecular flexibility index (Phi) is 6.00. The van der Waals surface area contributed by atoms with Crippen LogP contribution in [0.25, 0.3) is 0 Å². The van der Waals surface area contributed by atoms with Crippen molar-refractivity contribution in [3.05, 3.63) is 53.6 Å². The van der Waals surface area contributed by atoms with Gasteiger partial charge in [-0.2, -0.15) is 0 Å². The number of hydrogen-bond donors (Lipinski definition) is 2. The molecule has 0 aromatic heterocycles. The van der Waals surface area contributed by atoms with Crippen LogP contribution in [0.15, 0.2) is 42.5 Å². The van der Waals surface area contributed by atoms with E-state index in [-0.39, 0.29) is 18.1 Å². The fraction of sp³-hybridized carbons (Fsp3) is 0.278. The number of nitrogens with one attached hydrogen (secondary N) is 1. The molecular weight excluding hydrogens is 294 g/mol. The van der Waals surface area contributed by atoms with E-state index in [9.17, 15) is 9.90 Å². The predicted octanol–water partition coefficient (Wildman–Crippen LogP) is 2.42. The molecule has 0 saturated heterocycles. The van der Waals surface area contributed by atoms with E-state index < -0.39 is 0 Å². The normalized spacial score (nSPS) is 10.3. The summed E-state index contributed by atoms with van der Waals surface area (Å²) in [6.45, 7) is 0.893. The van der Waals surface area contributed by atoms with Gasteiger partial charge in [-0.3, -0.25) is 4.79 Å². The number of Topliss-reactive ketones (excluding diaryl/α,β-unsaturated/α-hetero) is 1. The quantitative estimate of drug-likeness (QED) is 0.578. The van der Waals surface area contributed by atoms with Crippen molar-refractivity contribution in [1.29, 1.82) is 0 Å². The Morgan fingerprint density at radius 3 is 2.48 bits per heavy atom. The number of aromatic hydroxyl groups is 1. The minimum absolute atomic E-state index is 0.0115. The topological polar surface area (TPSA) is 67.8 Å². The third-order valence-corrected chi connectivity index (χ3v) is 3.53. The van der Waals surface area contributed by atoms with E-state index in [0.29, 0.717) is 17.9 Å². The minimum Gasteiger partial charge on any atom is -0.508 e. The highest BCUT2D eigenvalue weighted by Gasteiger charge is 2.09. The zero-order valence-electron chi connectivity index (χ0n) is 13.3. The molecule has 0 bridgehead atoms. The molecule has 2 aromatic rings. The molecule has 0 amide bonds. The smallest absolute Gasteiger partial charge is 0.176 e.